The number of hydrogen-bond acceptors (Lipinski definition) is 6. The lowest BCUT2D eigenvalue weighted by Gasteiger charge is -2.12. The molecule has 1 N–H and O–H groups in total. The summed E-state index contributed by atoms with van der Waals surface area (Å²) in [4.78, 5) is 33.9. The molecule has 150 valence electrons. The summed E-state index contributed by atoms with van der Waals surface area (Å²) in [5, 5.41) is 1.51. The molecule has 0 spiro atoms. The van der Waals surface area contributed by atoms with Crippen LogP contribution in [0.5, 0.6) is 0 Å². The summed E-state index contributed by atoms with van der Waals surface area (Å²) in [6.45, 7) is 9.62. The van der Waals surface area contributed by atoms with Gasteiger partial charge in [-0.2, -0.15) is 0 Å². The second kappa shape index (κ2) is 7.15. The largest absolute Gasteiger partial charge is 0.464 e. The Morgan fingerprint density at radius 2 is 1.97 bits per heavy atom. The molecule has 6 nitrogen and oxygen atoms in total. The van der Waals surface area contributed by atoms with E-state index in [9.17, 15) is 9.59 Å². The van der Waals surface area contributed by atoms with Gasteiger partial charge in [-0.25, -0.2) is 4.98 Å². The topological polar surface area (TPSA) is 85.2 Å². The standard InChI is InChI=1S/C22H22N2O4S/c1-10-6-16-15(9-27-17(16)7-11(10)2)8-18(25)28-13(4)20-23-21(26)19-12(3)14(5)29-22(19)24-20/h6-7,9,13H,8H2,1-5H3,(H,23,24,26)/t13-/m0/s1. The van der Waals surface area contributed by atoms with Crippen LogP contribution < -0.4 is 5.56 Å². The number of rotatable bonds is 4. The highest BCUT2D eigenvalue weighted by molar-refractivity contribution is 7.18. The van der Waals surface area contributed by atoms with Gasteiger partial charge in [0.1, 0.15) is 10.4 Å². The zero-order chi connectivity index (χ0) is 20.9. The SMILES string of the molecule is Cc1cc2occ(CC(=O)O[C@@H](C)c3nc4sc(C)c(C)c4c(=O)[nH]3)c2cc1C. The predicted molar refractivity (Wildman–Crippen MR) is 114 cm³/mol. The Bertz CT molecular complexity index is 1310. The molecule has 0 aliphatic rings. The van der Waals surface area contributed by atoms with Gasteiger partial charge in [0, 0.05) is 15.8 Å². The number of nitrogens with one attached hydrogen (secondary N) is 1. The van der Waals surface area contributed by atoms with Crippen molar-refractivity contribution in [3.63, 3.8) is 0 Å². The maximum absolute atomic E-state index is 12.5. The normalized spacial score (nSPS) is 12.6. The maximum Gasteiger partial charge on any atom is 0.311 e. The summed E-state index contributed by atoms with van der Waals surface area (Å²) in [6, 6.07) is 3.99. The van der Waals surface area contributed by atoms with E-state index in [0.717, 1.165) is 38.1 Å². The first-order valence-electron chi connectivity index (χ1n) is 9.41. The third kappa shape index (κ3) is 3.46. The molecular formula is C22H22N2O4S. The first-order chi connectivity index (χ1) is 13.7. The average Bonchev–Trinajstić information content (AvgIpc) is 3.16. The minimum absolute atomic E-state index is 0.0868. The number of H-pyrrole nitrogens is 1. The van der Waals surface area contributed by atoms with Crippen LogP contribution in [0.2, 0.25) is 0 Å². The molecule has 4 rings (SSSR count). The van der Waals surface area contributed by atoms with Crippen molar-refractivity contribution < 1.29 is 13.9 Å². The summed E-state index contributed by atoms with van der Waals surface area (Å²) in [5.41, 5.74) is 4.54. The van der Waals surface area contributed by atoms with E-state index in [0.29, 0.717) is 16.0 Å². The van der Waals surface area contributed by atoms with Gasteiger partial charge in [-0.05, 0) is 63.4 Å². The lowest BCUT2D eigenvalue weighted by molar-refractivity contribution is -0.148. The van der Waals surface area contributed by atoms with Crippen LogP contribution in [0.15, 0.2) is 27.6 Å². The van der Waals surface area contributed by atoms with E-state index >= 15 is 0 Å². The Morgan fingerprint density at radius 1 is 1.24 bits per heavy atom. The zero-order valence-electron chi connectivity index (χ0n) is 17.0. The van der Waals surface area contributed by atoms with Gasteiger partial charge in [0.05, 0.1) is 18.1 Å². The number of furan rings is 1. The van der Waals surface area contributed by atoms with E-state index in [-0.39, 0.29) is 12.0 Å². The summed E-state index contributed by atoms with van der Waals surface area (Å²) in [6.07, 6.45) is 1.02. The highest BCUT2D eigenvalue weighted by Crippen LogP contribution is 2.28. The van der Waals surface area contributed by atoms with Crippen LogP contribution in [0.25, 0.3) is 21.2 Å². The van der Waals surface area contributed by atoms with Crippen molar-refractivity contribution in [1.29, 1.82) is 0 Å². The van der Waals surface area contributed by atoms with Crippen LogP contribution in [0.4, 0.5) is 0 Å². The fourth-order valence-electron chi connectivity index (χ4n) is 3.39. The van der Waals surface area contributed by atoms with Crippen LogP contribution in [0.1, 0.15) is 46.0 Å². The molecule has 0 aliphatic carbocycles. The van der Waals surface area contributed by atoms with Gasteiger partial charge < -0.3 is 14.1 Å². The molecule has 0 saturated heterocycles. The number of thiophene rings is 1. The van der Waals surface area contributed by atoms with E-state index < -0.39 is 12.1 Å². The number of carbonyl (C=O) groups is 1. The van der Waals surface area contributed by atoms with Gasteiger partial charge in [-0.1, -0.05) is 0 Å². The number of aromatic nitrogens is 2. The quantitative estimate of drug-likeness (QED) is 0.488. The number of nitrogens with zero attached hydrogens (tertiary/aromatic N) is 1. The van der Waals surface area contributed by atoms with Gasteiger partial charge in [-0.15, -0.1) is 11.3 Å². The second-order valence-electron chi connectivity index (χ2n) is 7.42. The second-order valence-corrected chi connectivity index (χ2v) is 8.62. The fraction of sp³-hybridized carbons (Fsp3) is 0.318. The van der Waals surface area contributed by atoms with Crippen LogP contribution >= 0.6 is 11.3 Å². The fourth-order valence-corrected chi connectivity index (χ4v) is 4.42. The van der Waals surface area contributed by atoms with Crippen molar-refractivity contribution >= 4 is 38.5 Å². The van der Waals surface area contributed by atoms with Crippen LogP contribution in [-0.4, -0.2) is 15.9 Å². The van der Waals surface area contributed by atoms with Gasteiger partial charge in [0.25, 0.3) is 5.56 Å². The molecule has 0 aliphatic heterocycles. The Morgan fingerprint density at radius 3 is 2.72 bits per heavy atom. The Labute approximate surface area is 171 Å². The number of hydrogen-bond donors (Lipinski definition) is 1. The lowest BCUT2D eigenvalue weighted by Crippen LogP contribution is -2.18. The number of benzene rings is 1. The molecule has 0 radical (unpaired) electrons. The van der Waals surface area contributed by atoms with Gasteiger partial charge in [0.2, 0.25) is 0 Å². The first-order valence-corrected chi connectivity index (χ1v) is 10.2. The lowest BCUT2D eigenvalue weighted by atomic mass is 10.0. The van der Waals surface area contributed by atoms with Gasteiger partial charge in [0.15, 0.2) is 11.9 Å². The van der Waals surface area contributed by atoms with Gasteiger partial charge in [-0.3, -0.25) is 9.59 Å². The van der Waals surface area contributed by atoms with Crippen molar-refractivity contribution in [1.82, 2.24) is 9.97 Å². The molecule has 0 saturated carbocycles. The van der Waals surface area contributed by atoms with Crippen LogP contribution in [0, 0.1) is 27.7 Å². The molecule has 7 heteroatoms. The van der Waals surface area contributed by atoms with Crippen molar-refractivity contribution in [2.75, 3.05) is 0 Å². The summed E-state index contributed by atoms with van der Waals surface area (Å²) >= 11 is 1.47. The van der Waals surface area contributed by atoms with Crippen LogP contribution in [0.3, 0.4) is 0 Å². The summed E-state index contributed by atoms with van der Waals surface area (Å²) in [5.74, 6) is -0.0552. The molecule has 0 bridgehead atoms. The molecule has 0 fully saturated rings. The molecular weight excluding hydrogens is 388 g/mol. The summed E-state index contributed by atoms with van der Waals surface area (Å²) in [7, 11) is 0. The van der Waals surface area contributed by atoms with Crippen molar-refractivity contribution in [3.8, 4) is 0 Å². The summed E-state index contributed by atoms with van der Waals surface area (Å²) < 4.78 is 11.1. The van der Waals surface area contributed by atoms with E-state index in [1.165, 1.54) is 11.3 Å². The monoisotopic (exact) mass is 410 g/mol. The Kier molecular flexibility index (Phi) is 4.78. The van der Waals surface area contributed by atoms with Crippen molar-refractivity contribution in [2.45, 2.75) is 47.1 Å². The van der Waals surface area contributed by atoms with Gasteiger partial charge >= 0.3 is 5.97 Å². The van der Waals surface area contributed by atoms with Crippen LogP contribution in [-0.2, 0) is 16.0 Å². The minimum Gasteiger partial charge on any atom is -0.464 e. The van der Waals surface area contributed by atoms with E-state index in [1.54, 1.807) is 13.2 Å². The van der Waals surface area contributed by atoms with Crippen molar-refractivity contribution in [2.24, 2.45) is 0 Å². The molecule has 0 unspecified atom stereocenters. The number of ether oxygens (including phenoxy) is 1. The molecule has 4 aromatic rings. The number of fused-ring (bicyclic) bond motifs is 2. The highest BCUT2D eigenvalue weighted by atomic mass is 32.1. The predicted octanol–water partition coefficient (Wildman–Crippen LogP) is 4.81. The van der Waals surface area contributed by atoms with E-state index in [2.05, 4.69) is 9.97 Å². The zero-order valence-corrected chi connectivity index (χ0v) is 17.8. The third-order valence-electron chi connectivity index (χ3n) is 5.36. The minimum atomic E-state index is -0.663. The number of esters is 1. The number of aryl methyl sites for hydroxylation is 4. The van der Waals surface area contributed by atoms with E-state index in [4.69, 9.17) is 9.15 Å². The molecule has 3 heterocycles. The Hall–Kier alpha value is -2.93. The first kappa shape index (κ1) is 19.4. The maximum atomic E-state index is 12.5. The average molecular weight is 410 g/mol. The molecule has 0 amide bonds. The molecule has 1 aromatic carbocycles. The Balaban J connectivity index is 1.55. The highest BCUT2D eigenvalue weighted by Gasteiger charge is 2.19. The number of carbonyl (C=O) groups excluding carboxylic acids is 1. The molecule has 3 aromatic heterocycles. The molecule has 29 heavy (non-hydrogen) atoms. The smallest absolute Gasteiger partial charge is 0.311 e. The molecule has 1 atom stereocenters. The van der Waals surface area contributed by atoms with E-state index in [1.807, 2.05) is 39.8 Å². The number of aromatic amines is 1. The third-order valence-corrected chi connectivity index (χ3v) is 6.46. The van der Waals surface area contributed by atoms with Crippen molar-refractivity contribution in [3.05, 3.63) is 61.7 Å².